The Bertz CT molecular complexity index is 496. The van der Waals surface area contributed by atoms with E-state index in [-0.39, 0.29) is 29.0 Å². The first-order valence-corrected chi connectivity index (χ1v) is 10.7. The Hall–Kier alpha value is -0.380. The van der Waals surface area contributed by atoms with Crippen LogP contribution in [0.2, 0.25) is 0 Å². The van der Waals surface area contributed by atoms with Gasteiger partial charge in [0.1, 0.15) is 11.6 Å². The van der Waals surface area contributed by atoms with Crippen LogP contribution in [0.4, 0.5) is 0 Å². The fraction of sp³-hybridized carbons (Fsp3) is 0.941. The lowest BCUT2D eigenvalue weighted by Crippen LogP contribution is -2.49. The summed E-state index contributed by atoms with van der Waals surface area (Å²) in [6, 6.07) is 0.348. The zero-order valence-electron chi connectivity index (χ0n) is 15.1. The smallest absolute Gasteiger partial charge is 0.249 e. The van der Waals surface area contributed by atoms with E-state index >= 15 is 0 Å². The van der Waals surface area contributed by atoms with Gasteiger partial charge in [-0.05, 0) is 63.2 Å². The molecule has 7 nitrogen and oxygen atoms in total. The molecule has 2 aliphatic heterocycles. The monoisotopic (exact) mass is 369 g/mol. The number of hydroxylamine groups is 1. The summed E-state index contributed by atoms with van der Waals surface area (Å²) in [5, 5.41) is 6.99. The Morgan fingerprint density at radius 3 is 2.76 bits per heavy atom. The maximum absolute atomic E-state index is 12.5. The number of hydrogen-bond donors (Lipinski definition) is 5. The Labute approximate surface area is 154 Å². The summed E-state index contributed by atoms with van der Waals surface area (Å²) in [5.41, 5.74) is 9.37. The molecule has 2 aliphatic carbocycles. The summed E-state index contributed by atoms with van der Waals surface area (Å²) in [7, 11) is 0. The van der Waals surface area contributed by atoms with E-state index in [4.69, 9.17) is 4.84 Å². The van der Waals surface area contributed by atoms with Crippen molar-refractivity contribution in [3.8, 4) is 0 Å². The van der Waals surface area contributed by atoms with Crippen molar-refractivity contribution in [2.75, 3.05) is 0 Å². The number of amides is 1. The Kier molecular flexibility index (Phi) is 5.54. The molecule has 2 saturated heterocycles. The van der Waals surface area contributed by atoms with Crippen LogP contribution in [-0.2, 0) is 9.63 Å². The molecule has 25 heavy (non-hydrogen) atoms. The van der Waals surface area contributed by atoms with Crippen molar-refractivity contribution in [2.45, 2.75) is 81.6 Å². The summed E-state index contributed by atoms with van der Waals surface area (Å²) in [6.45, 7) is 4.20. The number of thioether (sulfide) groups is 1. The van der Waals surface area contributed by atoms with Gasteiger partial charge in [-0.2, -0.15) is 5.48 Å². The number of nitrogens with one attached hydrogen (secondary N) is 5. The van der Waals surface area contributed by atoms with Crippen molar-refractivity contribution in [3.05, 3.63) is 0 Å². The third-order valence-electron chi connectivity index (χ3n) is 6.32. The van der Waals surface area contributed by atoms with Crippen LogP contribution in [0, 0.1) is 17.8 Å². The lowest BCUT2D eigenvalue weighted by Gasteiger charge is -2.36. The predicted octanol–water partition coefficient (Wildman–Crippen LogP) is 0.997. The molecule has 8 heteroatoms. The van der Waals surface area contributed by atoms with Crippen LogP contribution < -0.4 is 27.0 Å². The molecule has 2 heterocycles. The molecule has 1 amide bonds. The fourth-order valence-electron chi connectivity index (χ4n) is 4.98. The molecular formula is C17H31N5O2S. The van der Waals surface area contributed by atoms with Crippen molar-refractivity contribution in [2.24, 2.45) is 17.8 Å². The Morgan fingerprint density at radius 1 is 1.20 bits per heavy atom. The van der Waals surface area contributed by atoms with Gasteiger partial charge in [0.2, 0.25) is 5.91 Å². The molecule has 4 aliphatic rings. The van der Waals surface area contributed by atoms with E-state index in [1.165, 1.54) is 25.7 Å². The van der Waals surface area contributed by atoms with Crippen LogP contribution in [-0.4, -0.2) is 35.1 Å². The lowest BCUT2D eigenvalue weighted by atomic mass is 9.74. The summed E-state index contributed by atoms with van der Waals surface area (Å²) >= 11 is 1.64. The molecule has 0 spiro atoms. The molecule has 0 aromatic heterocycles. The van der Waals surface area contributed by atoms with Crippen molar-refractivity contribution in [3.63, 3.8) is 0 Å². The highest BCUT2D eigenvalue weighted by Gasteiger charge is 2.44. The molecule has 0 aromatic carbocycles. The minimum absolute atomic E-state index is 0.132. The van der Waals surface area contributed by atoms with Crippen molar-refractivity contribution in [1.29, 1.82) is 0 Å². The predicted molar refractivity (Wildman–Crippen MR) is 97.8 cm³/mol. The van der Waals surface area contributed by atoms with Gasteiger partial charge in [0, 0.05) is 6.04 Å². The normalized spacial score (nSPS) is 47.0. The molecule has 4 rings (SSSR count). The minimum atomic E-state index is -0.166. The molecule has 4 fully saturated rings. The van der Waals surface area contributed by atoms with Crippen LogP contribution in [0.1, 0.15) is 52.4 Å². The van der Waals surface area contributed by atoms with Gasteiger partial charge in [-0.3, -0.25) is 14.9 Å². The summed E-state index contributed by atoms with van der Waals surface area (Å²) < 4.78 is 0. The van der Waals surface area contributed by atoms with E-state index in [1.54, 1.807) is 11.8 Å². The molecular weight excluding hydrogens is 338 g/mol. The zero-order valence-corrected chi connectivity index (χ0v) is 15.9. The average molecular weight is 370 g/mol. The van der Waals surface area contributed by atoms with Gasteiger partial charge in [-0.25, -0.2) is 10.9 Å². The van der Waals surface area contributed by atoms with Crippen molar-refractivity contribution >= 4 is 17.7 Å². The van der Waals surface area contributed by atoms with Gasteiger partial charge in [-0.1, -0.05) is 6.92 Å². The van der Waals surface area contributed by atoms with Gasteiger partial charge in [-0.15, -0.1) is 11.8 Å². The van der Waals surface area contributed by atoms with Gasteiger partial charge < -0.3 is 5.32 Å². The largest absolute Gasteiger partial charge is 0.351 e. The maximum Gasteiger partial charge on any atom is 0.249 e. The Morgan fingerprint density at radius 2 is 2.04 bits per heavy atom. The van der Waals surface area contributed by atoms with Crippen LogP contribution in [0.25, 0.3) is 0 Å². The zero-order chi connectivity index (χ0) is 17.4. The number of carbonyl (C=O) groups excluding carboxylic acids is 1. The fourth-order valence-corrected chi connectivity index (χ4v) is 5.86. The molecule has 0 radical (unpaired) electrons. The van der Waals surface area contributed by atoms with Crippen molar-refractivity contribution in [1.82, 2.24) is 27.0 Å². The highest BCUT2D eigenvalue weighted by molar-refractivity contribution is 8.01. The number of rotatable bonds is 4. The average Bonchev–Trinajstić information content (AvgIpc) is 3.34. The van der Waals surface area contributed by atoms with E-state index in [1.807, 2.05) is 0 Å². The van der Waals surface area contributed by atoms with E-state index in [9.17, 15) is 4.79 Å². The topological polar surface area (TPSA) is 86.5 Å². The first-order chi connectivity index (χ1) is 12.1. The second-order valence-electron chi connectivity index (χ2n) is 7.91. The van der Waals surface area contributed by atoms with Crippen LogP contribution in [0.3, 0.4) is 0 Å². The summed E-state index contributed by atoms with van der Waals surface area (Å²) in [6.07, 6.45) is 7.40. The standard InChI is InChI=1S/C17H31N5O2S/c1-3-14-19-15(22-24-14)11-4-6-12-10(8-11)5-7-13(12)18-16(23)17-21-20-9(2)25-17/h9-15,17,19-22H,3-8H2,1-2H3,(H,18,23)/t9?,10?,11?,12?,13-,14?,15?,17?/m1/s1. The van der Waals surface area contributed by atoms with E-state index in [0.717, 1.165) is 18.8 Å². The van der Waals surface area contributed by atoms with E-state index in [0.29, 0.717) is 17.9 Å². The Balaban J connectivity index is 1.28. The number of hydrazine groups is 1. The highest BCUT2D eigenvalue weighted by atomic mass is 32.2. The van der Waals surface area contributed by atoms with Crippen LogP contribution in [0.5, 0.6) is 0 Å². The number of hydrogen-bond acceptors (Lipinski definition) is 7. The minimum Gasteiger partial charge on any atom is -0.351 e. The van der Waals surface area contributed by atoms with Crippen LogP contribution in [0.15, 0.2) is 0 Å². The molecule has 2 saturated carbocycles. The second-order valence-corrected chi connectivity index (χ2v) is 9.36. The van der Waals surface area contributed by atoms with E-state index < -0.39 is 0 Å². The van der Waals surface area contributed by atoms with Gasteiger partial charge >= 0.3 is 0 Å². The third kappa shape index (κ3) is 3.84. The summed E-state index contributed by atoms with van der Waals surface area (Å²) in [5.74, 6) is 2.13. The molecule has 0 bridgehead atoms. The van der Waals surface area contributed by atoms with Gasteiger partial charge in [0.05, 0.1) is 11.5 Å². The summed E-state index contributed by atoms with van der Waals surface area (Å²) in [4.78, 5) is 18.1. The number of fused-ring (bicyclic) bond motifs is 1. The second kappa shape index (κ2) is 7.70. The van der Waals surface area contributed by atoms with E-state index in [2.05, 4.69) is 40.8 Å². The molecule has 7 unspecified atom stereocenters. The first kappa shape index (κ1) is 18.0. The van der Waals surface area contributed by atoms with Crippen molar-refractivity contribution < 1.29 is 9.63 Å². The quantitative estimate of drug-likeness (QED) is 0.505. The first-order valence-electron chi connectivity index (χ1n) is 9.78. The lowest BCUT2D eigenvalue weighted by molar-refractivity contribution is -0.122. The van der Waals surface area contributed by atoms with Gasteiger partial charge in [0.15, 0.2) is 0 Å². The molecule has 8 atom stereocenters. The maximum atomic E-state index is 12.5. The SMILES string of the molecule is CCC1NC(C2CCC3C(CC[C@H]3NC(=O)C3NNC(C)S3)C2)NO1. The molecule has 142 valence electrons. The number of carbonyl (C=O) groups is 1. The highest BCUT2D eigenvalue weighted by Crippen LogP contribution is 2.45. The van der Waals surface area contributed by atoms with Gasteiger partial charge in [0.25, 0.3) is 0 Å². The molecule has 0 aromatic rings. The van der Waals surface area contributed by atoms with Crippen LogP contribution >= 0.6 is 11.8 Å². The molecule has 5 N–H and O–H groups in total. The third-order valence-corrected chi connectivity index (χ3v) is 7.45.